The highest BCUT2D eigenvalue weighted by atomic mass is 32.2. The number of nitrogens with two attached hydrogens (primary N) is 1. The van der Waals surface area contributed by atoms with Gasteiger partial charge in [0.25, 0.3) is 0 Å². The first kappa shape index (κ1) is 19.2. The Labute approximate surface area is 158 Å². The van der Waals surface area contributed by atoms with E-state index in [-0.39, 0.29) is 16.7 Å². The summed E-state index contributed by atoms with van der Waals surface area (Å²) in [6, 6.07) is 11.9. The number of nitrogens with one attached hydrogen (secondary N) is 1. The quantitative estimate of drug-likeness (QED) is 0.772. The number of sulfonamides is 1. The van der Waals surface area contributed by atoms with Crippen molar-refractivity contribution in [1.82, 2.24) is 5.32 Å². The smallest absolute Gasteiger partial charge is 0.238 e. The number of rotatable bonds is 6. The summed E-state index contributed by atoms with van der Waals surface area (Å²) in [5, 5.41) is 7.99. The maximum Gasteiger partial charge on any atom is 0.238 e. The first-order valence-electron chi connectivity index (χ1n) is 8.56. The number of benzene rings is 2. The van der Waals surface area contributed by atoms with Crippen molar-refractivity contribution in [2.75, 3.05) is 20.3 Å². The Morgan fingerprint density at radius 1 is 1.26 bits per heavy atom. The molecule has 1 aliphatic heterocycles. The molecule has 2 aromatic rings. The molecule has 0 aromatic heterocycles. The summed E-state index contributed by atoms with van der Waals surface area (Å²) in [7, 11) is -2.09. The van der Waals surface area contributed by atoms with Gasteiger partial charge in [0.15, 0.2) is 0 Å². The van der Waals surface area contributed by atoms with Crippen LogP contribution in [-0.2, 0) is 27.7 Å². The van der Waals surface area contributed by atoms with Crippen LogP contribution in [0.4, 0.5) is 0 Å². The second kappa shape index (κ2) is 7.98. The minimum atomic E-state index is -3.69. The average Bonchev–Trinajstić information content (AvgIpc) is 2.66. The van der Waals surface area contributed by atoms with E-state index in [1.54, 1.807) is 19.2 Å². The van der Waals surface area contributed by atoms with Crippen LogP contribution in [-0.4, -0.2) is 34.6 Å². The van der Waals surface area contributed by atoms with Gasteiger partial charge >= 0.3 is 0 Å². The van der Waals surface area contributed by atoms with E-state index in [1.165, 1.54) is 12.1 Å². The molecule has 0 saturated heterocycles. The molecule has 7 nitrogen and oxygen atoms in total. The fourth-order valence-electron chi connectivity index (χ4n) is 2.99. The van der Waals surface area contributed by atoms with Crippen LogP contribution in [0, 0.1) is 5.92 Å². The molecule has 0 spiro atoms. The van der Waals surface area contributed by atoms with Crippen molar-refractivity contribution in [3.63, 3.8) is 0 Å². The molecule has 1 heterocycles. The van der Waals surface area contributed by atoms with Crippen molar-refractivity contribution in [2.45, 2.75) is 17.7 Å². The lowest BCUT2D eigenvalue weighted by molar-refractivity contribution is -0.126. The van der Waals surface area contributed by atoms with Crippen molar-refractivity contribution in [2.24, 2.45) is 11.1 Å². The number of ether oxygens (including phenoxy) is 2. The van der Waals surface area contributed by atoms with E-state index in [4.69, 9.17) is 14.6 Å². The van der Waals surface area contributed by atoms with Crippen molar-refractivity contribution in [3.8, 4) is 11.5 Å². The van der Waals surface area contributed by atoms with Gasteiger partial charge < -0.3 is 14.8 Å². The van der Waals surface area contributed by atoms with Gasteiger partial charge in [0.2, 0.25) is 15.9 Å². The molecule has 1 atom stereocenters. The number of hydrogen-bond donors (Lipinski definition) is 2. The molecule has 0 radical (unpaired) electrons. The van der Waals surface area contributed by atoms with E-state index in [2.05, 4.69) is 5.32 Å². The number of carbonyl (C=O) groups is 1. The molecule has 0 bridgehead atoms. The Balaban J connectivity index is 1.52. The highest BCUT2D eigenvalue weighted by Crippen LogP contribution is 2.30. The minimum absolute atomic E-state index is 0.0652. The Kier molecular flexibility index (Phi) is 5.67. The summed E-state index contributed by atoms with van der Waals surface area (Å²) in [6.45, 7) is 0.795. The zero-order chi connectivity index (χ0) is 19.4. The molecular weight excluding hydrogens is 368 g/mol. The lowest BCUT2D eigenvalue weighted by atomic mass is 9.95. The van der Waals surface area contributed by atoms with E-state index < -0.39 is 10.0 Å². The predicted molar refractivity (Wildman–Crippen MR) is 100 cm³/mol. The Bertz CT molecular complexity index is 926. The highest BCUT2D eigenvalue weighted by molar-refractivity contribution is 7.89. The van der Waals surface area contributed by atoms with Crippen LogP contribution in [0.2, 0.25) is 0 Å². The predicted octanol–water partition coefficient (Wildman–Crippen LogP) is 1.25. The molecule has 1 aliphatic rings. The van der Waals surface area contributed by atoms with E-state index in [1.807, 2.05) is 18.2 Å². The van der Waals surface area contributed by atoms with Gasteiger partial charge in [-0.1, -0.05) is 12.1 Å². The number of amides is 1. The number of carbonyl (C=O) groups excluding carboxylic acids is 1. The molecule has 0 aliphatic carbocycles. The van der Waals surface area contributed by atoms with Gasteiger partial charge in [-0.05, 0) is 54.3 Å². The summed E-state index contributed by atoms with van der Waals surface area (Å²) in [5.74, 6) is 1.20. The summed E-state index contributed by atoms with van der Waals surface area (Å²) >= 11 is 0. The van der Waals surface area contributed by atoms with Gasteiger partial charge in [0, 0.05) is 6.54 Å². The Hall–Kier alpha value is -2.58. The zero-order valence-electron chi connectivity index (χ0n) is 15.0. The van der Waals surface area contributed by atoms with Crippen LogP contribution in [0.5, 0.6) is 11.5 Å². The molecule has 27 heavy (non-hydrogen) atoms. The highest BCUT2D eigenvalue weighted by Gasteiger charge is 2.26. The van der Waals surface area contributed by atoms with Crippen LogP contribution in [0.15, 0.2) is 47.4 Å². The van der Waals surface area contributed by atoms with E-state index in [0.29, 0.717) is 26.0 Å². The third-order valence-corrected chi connectivity index (χ3v) is 5.44. The fourth-order valence-corrected chi connectivity index (χ4v) is 3.50. The summed E-state index contributed by atoms with van der Waals surface area (Å²) in [5.41, 5.74) is 1.87. The zero-order valence-corrected chi connectivity index (χ0v) is 15.8. The topological polar surface area (TPSA) is 108 Å². The van der Waals surface area contributed by atoms with E-state index in [0.717, 1.165) is 22.6 Å². The van der Waals surface area contributed by atoms with Crippen molar-refractivity contribution in [1.29, 1.82) is 0 Å². The maximum absolute atomic E-state index is 12.4. The normalized spacial score (nSPS) is 16.1. The van der Waals surface area contributed by atoms with Crippen LogP contribution in [0.1, 0.15) is 11.1 Å². The Morgan fingerprint density at radius 2 is 2.00 bits per heavy atom. The third kappa shape index (κ3) is 4.78. The van der Waals surface area contributed by atoms with E-state index >= 15 is 0 Å². The molecule has 3 N–H and O–H groups in total. The lowest BCUT2D eigenvalue weighted by Gasteiger charge is -2.25. The van der Waals surface area contributed by atoms with Gasteiger partial charge in [0.05, 0.1) is 17.9 Å². The monoisotopic (exact) mass is 390 g/mol. The van der Waals surface area contributed by atoms with Crippen LogP contribution >= 0.6 is 0 Å². The molecule has 2 aromatic carbocycles. The fraction of sp³-hybridized carbons (Fsp3) is 0.316. The molecular formula is C19H22N2O5S. The SMILES string of the molecule is COc1ccc2c(c1)C[C@@H](C(=O)NCCc1ccc(S(N)(=O)=O)cc1)CO2. The third-order valence-electron chi connectivity index (χ3n) is 4.51. The summed E-state index contributed by atoms with van der Waals surface area (Å²) in [4.78, 5) is 12.5. The average molecular weight is 390 g/mol. The van der Waals surface area contributed by atoms with Gasteiger partial charge in [-0.2, -0.15) is 0 Å². The molecule has 0 unspecified atom stereocenters. The molecule has 8 heteroatoms. The second-order valence-electron chi connectivity index (χ2n) is 6.42. The number of primary sulfonamides is 1. The van der Waals surface area contributed by atoms with Gasteiger partial charge in [-0.3, -0.25) is 4.79 Å². The number of hydrogen-bond acceptors (Lipinski definition) is 5. The molecule has 0 fully saturated rings. The van der Waals surface area contributed by atoms with Crippen molar-refractivity contribution in [3.05, 3.63) is 53.6 Å². The molecule has 3 rings (SSSR count). The molecule has 1 amide bonds. The van der Waals surface area contributed by atoms with Crippen molar-refractivity contribution >= 4 is 15.9 Å². The van der Waals surface area contributed by atoms with E-state index in [9.17, 15) is 13.2 Å². The lowest BCUT2D eigenvalue weighted by Crippen LogP contribution is -2.38. The maximum atomic E-state index is 12.4. The second-order valence-corrected chi connectivity index (χ2v) is 7.98. The minimum Gasteiger partial charge on any atom is -0.497 e. The van der Waals surface area contributed by atoms with Crippen LogP contribution in [0.3, 0.4) is 0 Å². The summed E-state index contributed by atoms with van der Waals surface area (Å²) in [6.07, 6.45) is 1.19. The molecule has 144 valence electrons. The largest absolute Gasteiger partial charge is 0.497 e. The Morgan fingerprint density at radius 3 is 2.67 bits per heavy atom. The molecule has 0 saturated carbocycles. The first-order chi connectivity index (χ1) is 12.9. The van der Waals surface area contributed by atoms with Crippen LogP contribution < -0.4 is 19.9 Å². The number of fused-ring (bicyclic) bond motifs is 1. The van der Waals surface area contributed by atoms with Crippen molar-refractivity contribution < 1.29 is 22.7 Å². The van der Waals surface area contributed by atoms with Gasteiger partial charge in [0.1, 0.15) is 18.1 Å². The van der Waals surface area contributed by atoms with Crippen LogP contribution in [0.25, 0.3) is 0 Å². The number of methoxy groups -OCH3 is 1. The standard InChI is InChI=1S/C19H22N2O5S/c1-25-16-4-7-18-14(11-16)10-15(12-26-18)19(22)21-9-8-13-2-5-17(6-3-13)27(20,23)24/h2-7,11,15H,8-10,12H2,1H3,(H,21,22)(H2,20,23,24)/t15-/m1/s1. The summed E-state index contributed by atoms with van der Waals surface area (Å²) < 4.78 is 33.4. The van der Waals surface area contributed by atoms with Gasteiger partial charge in [-0.25, -0.2) is 13.6 Å². The first-order valence-corrected chi connectivity index (χ1v) is 10.1. The van der Waals surface area contributed by atoms with Gasteiger partial charge in [-0.15, -0.1) is 0 Å².